The van der Waals surface area contributed by atoms with Crippen molar-refractivity contribution in [3.05, 3.63) is 0 Å². The van der Waals surface area contributed by atoms with E-state index in [0.717, 1.165) is 89.9 Å². The molecule has 0 aromatic carbocycles. The molecule has 0 saturated carbocycles. The number of hydrogen-bond donors (Lipinski definition) is 1. The molecule has 1 N–H and O–H groups in total. The quantitative estimate of drug-likeness (QED) is 0.0799. The van der Waals surface area contributed by atoms with Crippen molar-refractivity contribution >= 4 is 22.1 Å². The first-order valence-corrected chi connectivity index (χ1v) is 16.9. The summed E-state index contributed by atoms with van der Waals surface area (Å²) in [6, 6.07) is 0. The fourth-order valence-electron chi connectivity index (χ4n) is 5.84. The van der Waals surface area contributed by atoms with Crippen LogP contribution in [0.2, 0.25) is 0 Å². The van der Waals surface area contributed by atoms with Gasteiger partial charge in [0.15, 0.2) is 0 Å². The van der Waals surface area contributed by atoms with Crippen LogP contribution in [0.25, 0.3) is 0 Å². The predicted octanol–water partition coefficient (Wildman–Crippen LogP) is 0.139. The second kappa shape index (κ2) is 26.3. The third kappa shape index (κ3) is 15.5. The molecule has 0 bridgehead atoms. The molecule has 0 radical (unpaired) electrons. The largest absolute Gasteiger partial charge is 1.00 e. The first-order valence-electron chi connectivity index (χ1n) is 15.5. The summed E-state index contributed by atoms with van der Waals surface area (Å²) >= 11 is 0. The van der Waals surface area contributed by atoms with Crippen LogP contribution in [0, 0.1) is 5.41 Å². The van der Waals surface area contributed by atoms with Crippen LogP contribution in [0.1, 0.15) is 168 Å². The van der Waals surface area contributed by atoms with Crippen LogP contribution < -0.4 is 69.3 Å². The minimum Gasteiger partial charge on any atom is -0.549 e. The molecule has 0 aromatic heterocycles. The van der Waals surface area contributed by atoms with Crippen LogP contribution in [0.3, 0.4) is 0 Å². The Morgan fingerprint density at radius 1 is 0.525 bits per heavy atom. The molecule has 0 saturated heterocycles. The van der Waals surface area contributed by atoms with Crippen LogP contribution in [0.5, 0.6) is 0 Å². The SMILES string of the molecule is CCCCCCCCCCC(C(=O)[O-])(C(CCCCCCCC)(CCCCCCCC)C(=O)[O-])S(=O)(=O)O.[Na+].[Na+]. The molecule has 0 aliphatic carbocycles. The molecule has 1 unspecified atom stereocenters. The van der Waals surface area contributed by atoms with E-state index < -0.39 is 38.6 Å². The van der Waals surface area contributed by atoms with Crippen LogP contribution in [0.4, 0.5) is 0 Å². The van der Waals surface area contributed by atoms with Crippen LogP contribution in [-0.2, 0) is 19.7 Å². The summed E-state index contributed by atoms with van der Waals surface area (Å²) < 4.78 is 33.2. The van der Waals surface area contributed by atoms with Gasteiger partial charge in [-0.2, -0.15) is 8.42 Å². The Morgan fingerprint density at radius 3 is 1.05 bits per heavy atom. The summed E-state index contributed by atoms with van der Waals surface area (Å²) in [5.41, 5.74) is -2.24. The van der Waals surface area contributed by atoms with Crippen LogP contribution in [-0.4, -0.2) is 29.7 Å². The van der Waals surface area contributed by atoms with Gasteiger partial charge in [0.2, 0.25) is 0 Å². The molecule has 0 aromatic rings. The van der Waals surface area contributed by atoms with E-state index in [2.05, 4.69) is 20.8 Å². The van der Waals surface area contributed by atoms with E-state index in [0.29, 0.717) is 32.1 Å². The summed E-state index contributed by atoms with van der Waals surface area (Å²) in [6.45, 7) is 6.31. The predicted molar refractivity (Wildman–Crippen MR) is 150 cm³/mol. The van der Waals surface area contributed by atoms with Crippen molar-refractivity contribution in [3.8, 4) is 0 Å². The van der Waals surface area contributed by atoms with Crippen molar-refractivity contribution in [1.29, 1.82) is 0 Å². The average Bonchev–Trinajstić information content (AvgIpc) is 2.85. The number of unbranched alkanes of at least 4 members (excludes halogenated alkanes) is 17. The van der Waals surface area contributed by atoms with Gasteiger partial charge in [-0.3, -0.25) is 4.55 Å². The van der Waals surface area contributed by atoms with Crippen LogP contribution in [0.15, 0.2) is 0 Å². The first-order chi connectivity index (χ1) is 18.1. The fourth-order valence-corrected chi connectivity index (χ4v) is 7.23. The zero-order chi connectivity index (χ0) is 28.9. The maximum atomic E-state index is 12.9. The summed E-state index contributed by atoms with van der Waals surface area (Å²) in [4.78, 5) is 25.5. The number of carboxylic acid groups (broad SMARTS) is 2. The van der Waals surface area contributed by atoms with Gasteiger partial charge in [-0.1, -0.05) is 149 Å². The zero-order valence-corrected chi connectivity index (χ0v) is 31.4. The number of carbonyl (C=O) groups is 2. The molecule has 0 heterocycles. The molecular weight excluding hydrogens is 550 g/mol. The number of rotatable bonds is 27. The second-order valence-electron chi connectivity index (χ2n) is 11.2. The number of carboxylic acids is 2. The topological polar surface area (TPSA) is 135 Å². The Kier molecular flexibility index (Phi) is 29.7. The van der Waals surface area contributed by atoms with E-state index in [1.165, 1.54) is 0 Å². The van der Waals surface area contributed by atoms with E-state index in [1.54, 1.807) is 0 Å². The number of carbonyl (C=O) groups excluding carboxylic acids is 2. The monoisotopic (exact) mass is 606 g/mol. The van der Waals surface area contributed by atoms with Gasteiger partial charge in [0.25, 0.3) is 10.1 Å². The normalized spacial score (nSPS) is 13.2. The van der Waals surface area contributed by atoms with Gasteiger partial charge in [-0.05, 0) is 19.3 Å². The van der Waals surface area contributed by atoms with Crippen molar-refractivity contribution in [3.63, 3.8) is 0 Å². The maximum absolute atomic E-state index is 12.9. The van der Waals surface area contributed by atoms with Crippen LogP contribution >= 0.6 is 0 Å². The molecule has 226 valence electrons. The molecule has 1 atom stereocenters. The van der Waals surface area contributed by atoms with Gasteiger partial charge in [0.1, 0.15) is 4.75 Å². The van der Waals surface area contributed by atoms with Gasteiger partial charge in [0.05, 0.1) is 5.97 Å². The molecule has 0 aliphatic heterocycles. The van der Waals surface area contributed by atoms with E-state index in [1.807, 2.05) is 0 Å². The molecule has 0 rings (SSSR count). The Morgan fingerprint density at radius 2 is 0.800 bits per heavy atom. The Hall–Kier alpha value is 0.850. The molecule has 7 nitrogen and oxygen atoms in total. The van der Waals surface area contributed by atoms with E-state index in [9.17, 15) is 32.8 Å². The summed E-state index contributed by atoms with van der Waals surface area (Å²) in [7, 11) is -5.32. The zero-order valence-electron chi connectivity index (χ0n) is 26.6. The Labute approximate surface area is 290 Å². The molecule has 0 fully saturated rings. The standard InChI is InChI=1S/C30H58O7S.2Na/c1-4-7-10-13-16-17-20-23-26-30(28(33)34,38(35,36)37)29(27(31)32,24-21-18-14-11-8-5-2)25-22-19-15-12-9-6-3;;/h4-26H2,1-3H3,(H,31,32)(H,33,34)(H,35,36,37);;/q;2*+1/p-2. The van der Waals surface area contributed by atoms with Gasteiger partial charge >= 0.3 is 59.1 Å². The van der Waals surface area contributed by atoms with Crippen molar-refractivity contribution < 1.29 is 91.9 Å². The fraction of sp³-hybridized carbons (Fsp3) is 0.933. The smallest absolute Gasteiger partial charge is 0.549 e. The van der Waals surface area contributed by atoms with E-state index in [4.69, 9.17) is 0 Å². The summed E-state index contributed by atoms with van der Waals surface area (Å²) in [6.07, 6.45) is 16.1. The van der Waals surface area contributed by atoms with E-state index in [-0.39, 0.29) is 78.4 Å². The maximum Gasteiger partial charge on any atom is 1.00 e. The van der Waals surface area contributed by atoms with Gasteiger partial charge in [-0.15, -0.1) is 0 Å². The van der Waals surface area contributed by atoms with Gasteiger partial charge < -0.3 is 19.8 Å². The minimum atomic E-state index is -5.32. The summed E-state index contributed by atoms with van der Waals surface area (Å²) in [5.74, 6) is -3.73. The van der Waals surface area contributed by atoms with Crippen molar-refractivity contribution in [2.24, 2.45) is 5.41 Å². The van der Waals surface area contributed by atoms with Gasteiger partial charge in [-0.25, -0.2) is 0 Å². The minimum absolute atomic E-state index is 0. The third-order valence-corrected chi connectivity index (χ3v) is 9.87. The van der Waals surface area contributed by atoms with Crippen molar-refractivity contribution in [2.45, 2.75) is 173 Å². The Bertz CT molecular complexity index is 730. The molecule has 40 heavy (non-hydrogen) atoms. The van der Waals surface area contributed by atoms with E-state index >= 15 is 0 Å². The first kappa shape index (κ1) is 45.3. The Balaban J connectivity index is -0.00000684. The molecule has 10 heteroatoms. The second-order valence-corrected chi connectivity index (χ2v) is 12.9. The van der Waals surface area contributed by atoms with Crippen molar-refractivity contribution in [1.82, 2.24) is 0 Å². The molecule has 0 spiro atoms. The molecule has 0 aliphatic rings. The van der Waals surface area contributed by atoms with Crippen molar-refractivity contribution in [2.75, 3.05) is 0 Å². The number of hydrogen-bond acceptors (Lipinski definition) is 6. The molecular formula is C30H56Na2O7S. The third-order valence-electron chi connectivity index (χ3n) is 8.23. The average molecular weight is 607 g/mol. The van der Waals surface area contributed by atoms with Gasteiger partial charge in [0, 0.05) is 11.4 Å². The number of aliphatic carboxylic acids is 2. The molecule has 0 amide bonds. The summed E-state index contributed by atoms with van der Waals surface area (Å²) in [5, 5.41) is 25.5.